The van der Waals surface area contributed by atoms with Crippen LogP contribution in [0.4, 0.5) is 5.82 Å². The SMILES string of the molecule is Nc1cncc(C(=O)NCc2cccnc2)n1. The van der Waals surface area contributed by atoms with Crippen molar-refractivity contribution >= 4 is 11.7 Å². The van der Waals surface area contributed by atoms with E-state index in [1.165, 1.54) is 12.4 Å². The summed E-state index contributed by atoms with van der Waals surface area (Å²) in [6, 6.07) is 3.68. The molecule has 17 heavy (non-hydrogen) atoms. The zero-order valence-corrected chi connectivity index (χ0v) is 9.00. The topological polar surface area (TPSA) is 93.8 Å². The van der Waals surface area contributed by atoms with Gasteiger partial charge < -0.3 is 11.1 Å². The molecule has 2 heterocycles. The zero-order chi connectivity index (χ0) is 12.1. The van der Waals surface area contributed by atoms with E-state index in [4.69, 9.17) is 5.73 Å². The molecule has 0 spiro atoms. The average molecular weight is 229 g/mol. The van der Waals surface area contributed by atoms with E-state index in [0.29, 0.717) is 6.54 Å². The van der Waals surface area contributed by atoms with Crippen molar-refractivity contribution in [3.8, 4) is 0 Å². The van der Waals surface area contributed by atoms with Crippen molar-refractivity contribution in [2.45, 2.75) is 6.54 Å². The molecule has 0 fully saturated rings. The standard InChI is InChI=1S/C11H11N5O/c12-10-7-14-6-9(16-10)11(17)15-5-8-2-1-3-13-4-8/h1-4,6-7H,5H2,(H2,12,16)(H,15,17). The van der Waals surface area contributed by atoms with E-state index in [1.54, 1.807) is 12.4 Å². The van der Waals surface area contributed by atoms with Crippen molar-refractivity contribution in [3.05, 3.63) is 48.2 Å². The number of aromatic nitrogens is 3. The van der Waals surface area contributed by atoms with Crippen molar-refractivity contribution in [1.82, 2.24) is 20.3 Å². The smallest absolute Gasteiger partial charge is 0.271 e. The summed E-state index contributed by atoms with van der Waals surface area (Å²) in [5.41, 5.74) is 6.56. The van der Waals surface area contributed by atoms with Crippen LogP contribution in [0.25, 0.3) is 0 Å². The summed E-state index contributed by atoms with van der Waals surface area (Å²) in [5, 5.41) is 2.71. The Hall–Kier alpha value is -2.50. The zero-order valence-electron chi connectivity index (χ0n) is 9.00. The van der Waals surface area contributed by atoms with E-state index in [9.17, 15) is 4.79 Å². The van der Waals surface area contributed by atoms with Crippen LogP contribution in [0.1, 0.15) is 16.1 Å². The Kier molecular flexibility index (Phi) is 3.25. The molecule has 2 rings (SSSR count). The Morgan fingerprint density at radius 1 is 1.29 bits per heavy atom. The van der Waals surface area contributed by atoms with Crippen LogP contribution < -0.4 is 11.1 Å². The van der Waals surface area contributed by atoms with Crippen LogP contribution in [0.2, 0.25) is 0 Å². The normalized spacial score (nSPS) is 9.88. The predicted molar refractivity (Wildman–Crippen MR) is 61.9 cm³/mol. The van der Waals surface area contributed by atoms with Gasteiger partial charge in [-0.2, -0.15) is 0 Å². The molecule has 0 saturated heterocycles. The lowest BCUT2D eigenvalue weighted by molar-refractivity contribution is 0.0945. The van der Waals surface area contributed by atoms with Crippen molar-refractivity contribution < 1.29 is 4.79 Å². The third-order valence-corrected chi connectivity index (χ3v) is 2.06. The number of anilines is 1. The summed E-state index contributed by atoms with van der Waals surface area (Å²) in [6.45, 7) is 0.392. The second-order valence-electron chi connectivity index (χ2n) is 3.37. The van der Waals surface area contributed by atoms with Crippen LogP contribution in [0.15, 0.2) is 36.9 Å². The number of carbonyl (C=O) groups excluding carboxylic acids is 1. The number of nitrogens with one attached hydrogen (secondary N) is 1. The lowest BCUT2D eigenvalue weighted by Gasteiger charge is -2.04. The first-order chi connectivity index (χ1) is 8.25. The molecule has 2 aromatic rings. The maximum atomic E-state index is 11.7. The summed E-state index contributed by atoms with van der Waals surface area (Å²) in [6.07, 6.45) is 6.12. The Bertz CT molecular complexity index is 514. The van der Waals surface area contributed by atoms with E-state index in [1.807, 2.05) is 12.1 Å². The molecule has 0 radical (unpaired) electrons. The molecule has 86 valence electrons. The van der Waals surface area contributed by atoms with E-state index in [0.717, 1.165) is 5.56 Å². The van der Waals surface area contributed by atoms with Gasteiger partial charge in [0.05, 0.1) is 12.4 Å². The first-order valence-corrected chi connectivity index (χ1v) is 5.00. The molecule has 0 bridgehead atoms. The summed E-state index contributed by atoms with van der Waals surface area (Å²) in [7, 11) is 0. The van der Waals surface area contributed by atoms with Crippen LogP contribution >= 0.6 is 0 Å². The second-order valence-corrected chi connectivity index (χ2v) is 3.37. The number of nitrogen functional groups attached to an aromatic ring is 1. The molecule has 0 atom stereocenters. The second kappa shape index (κ2) is 5.02. The van der Waals surface area contributed by atoms with Crippen molar-refractivity contribution in [1.29, 1.82) is 0 Å². The number of amides is 1. The van der Waals surface area contributed by atoms with E-state index < -0.39 is 0 Å². The highest BCUT2D eigenvalue weighted by Crippen LogP contribution is 1.99. The van der Waals surface area contributed by atoms with Gasteiger partial charge in [-0.05, 0) is 11.6 Å². The van der Waals surface area contributed by atoms with E-state index >= 15 is 0 Å². The van der Waals surface area contributed by atoms with Crippen LogP contribution in [0.5, 0.6) is 0 Å². The molecule has 6 heteroatoms. The number of pyridine rings is 1. The quantitative estimate of drug-likeness (QED) is 0.793. The number of hydrogen-bond donors (Lipinski definition) is 2. The van der Waals surface area contributed by atoms with Crippen molar-refractivity contribution in [3.63, 3.8) is 0 Å². The lowest BCUT2D eigenvalue weighted by atomic mass is 10.3. The van der Waals surface area contributed by atoms with Gasteiger partial charge in [-0.1, -0.05) is 6.07 Å². The first-order valence-electron chi connectivity index (χ1n) is 5.00. The highest BCUT2D eigenvalue weighted by atomic mass is 16.1. The Morgan fingerprint density at radius 3 is 2.88 bits per heavy atom. The average Bonchev–Trinajstić information content (AvgIpc) is 2.37. The van der Waals surface area contributed by atoms with Gasteiger partial charge in [0.2, 0.25) is 0 Å². The first kappa shape index (κ1) is 11.0. The minimum absolute atomic E-state index is 0.203. The molecule has 0 saturated carbocycles. The molecule has 0 aliphatic carbocycles. The molecule has 0 aliphatic heterocycles. The van der Waals surface area contributed by atoms with Gasteiger partial charge in [0.25, 0.3) is 5.91 Å². The van der Waals surface area contributed by atoms with Crippen molar-refractivity contribution in [2.75, 3.05) is 5.73 Å². The Labute approximate surface area is 97.9 Å². The largest absolute Gasteiger partial charge is 0.382 e. The number of nitrogens with zero attached hydrogens (tertiary/aromatic N) is 3. The molecule has 0 unspecified atom stereocenters. The Balaban J connectivity index is 1.98. The summed E-state index contributed by atoms with van der Waals surface area (Å²) in [5.74, 6) is -0.0901. The van der Waals surface area contributed by atoms with Crippen LogP contribution in [-0.4, -0.2) is 20.9 Å². The number of rotatable bonds is 3. The van der Waals surface area contributed by atoms with Crippen LogP contribution in [0.3, 0.4) is 0 Å². The van der Waals surface area contributed by atoms with Gasteiger partial charge in [-0.25, -0.2) is 4.98 Å². The van der Waals surface area contributed by atoms with E-state index in [2.05, 4.69) is 20.3 Å². The van der Waals surface area contributed by atoms with Gasteiger partial charge >= 0.3 is 0 Å². The third kappa shape index (κ3) is 2.97. The molecule has 2 aromatic heterocycles. The maximum absolute atomic E-state index is 11.7. The van der Waals surface area contributed by atoms with Gasteiger partial charge in [-0.3, -0.25) is 14.8 Å². The number of nitrogens with two attached hydrogens (primary N) is 1. The summed E-state index contributed by atoms with van der Waals surface area (Å²) >= 11 is 0. The van der Waals surface area contributed by atoms with Crippen LogP contribution in [0, 0.1) is 0 Å². The number of hydrogen-bond acceptors (Lipinski definition) is 5. The summed E-state index contributed by atoms with van der Waals surface area (Å²) < 4.78 is 0. The fourth-order valence-electron chi connectivity index (χ4n) is 1.27. The minimum atomic E-state index is -0.311. The molecular weight excluding hydrogens is 218 g/mol. The molecule has 6 nitrogen and oxygen atoms in total. The van der Waals surface area contributed by atoms with Gasteiger partial charge in [0, 0.05) is 18.9 Å². The molecule has 0 aromatic carbocycles. The monoisotopic (exact) mass is 229 g/mol. The summed E-state index contributed by atoms with van der Waals surface area (Å²) in [4.78, 5) is 23.3. The van der Waals surface area contributed by atoms with Gasteiger partial charge in [0.1, 0.15) is 11.5 Å². The number of carbonyl (C=O) groups is 1. The molecule has 1 amide bonds. The van der Waals surface area contributed by atoms with Crippen molar-refractivity contribution in [2.24, 2.45) is 0 Å². The minimum Gasteiger partial charge on any atom is -0.382 e. The van der Waals surface area contributed by atoms with Gasteiger partial charge in [0.15, 0.2) is 0 Å². The molecular formula is C11H11N5O. The molecule has 0 aliphatic rings. The van der Waals surface area contributed by atoms with Gasteiger partial charge in [-0.15, -0.1) is 0 Å². The fourth-order valence-corrected chi connectivity index (χ4v) is 1.27. The highest BCUT2D eigenvalue weighted by Gasteiger charge is 2.07. The van der Waals surface area contributed by atoms with E-state index in [-0.39, 0.29) is 17.4 Å². The Morgan fingerprint density at radius 2 is 2.18 bits per heavy atom. The van der Waals surface area contributed by atoms with Crippen LogP contribution in [-0.2, 0) is 6.54 Å². The fraction of sp³-hybridized carbons (Fsp3) is 0.0909. The third-order valence-electron chi connectivity index (χ3n) is 2.06. The maximum Gasteiger partial charge on any atom is 0.271 e. The highest BCUT2D eigenvalue weighted by molar-refractivity contribution is 5.92. The lowest BCUT2D eigenvalue weighted by Crippen LogP contribution is -2.24. The predicted octanol–water partition coefficient (Wildman–Crippen LogP) is 0.384. The molecule has 3 N–H and O–H groups in total.